The van der Waals surface area contributed by atoms with Gasteiger partial charge in [0.1, 0.15) is 5.78 Å². The number of carbonyl (C=O) groups is 2. The van der Waals surface area contributed by atoms with Gasteiger partial charge in [-0.2, -0.15) is 0 Å². The molecule has 2 saturated carbocycles. The highest BCUT2D eigenvalue weighted by atomic mass is 16.2. The van der Waals surface area contributed by atoms with Crippen LogP contribution in [-0.2, 0) is 9.59 Å². The molecule has 1 N–H and O–H groups in total. The maximum atomic E-state index is 12.5. The van der Waals surface area contributed by atoms with E-state index in [4.69, 9.17) is 0 Å². The first-order valence-electron chi connectivity index (χ1n) is 7.96. The summed E-state index contributed by atoms with van der Waals surface area (Å²) in [7, 11) is 0. The highest BCUT2D eigenvalue weighted by Crippen LogP contribution is 2.40. The molecule has 2 aliphatic carbocycles. The molecule has 1 aromatic carbocycles. The molecule has 0 radical (unpaired) electrons. The number of carbonyl (C=O) groups excluding carboxylic acids is 2. The quantitative estimate of drug-likeness (QED) is 0.901. The van der Waals surface area contributed by atoms with Crippen LogP contribution in [0.2, 0.25) is 0 Å². The van der Waals surface area contributed by atoms with Crippen molar-refractivity contribution >= 4 is 17.4 Å². The van der Waals surface area contributed by atoms with Gasteiger partial charge in [0.25, 0.3) is 0 Å². The second kappa shape index (κ2) is 5.63. The van der Waals surface area contributed by atoms with E-state index in [1.807, 2.05) is 26.0 Å². The maximum Gasteiger partial charge on any atom is 0.227 e. The fraction of sp³-hybridized carbons (Fsp3) is 0.556. The van der Waals surface area contributed by atoms with E-state index in [1.165, 1.54) is 0 Å². The summed E-state index contributed by atoms with van der Waals surface area (Å²) in [6, 6.07) is 6.10. The van der Waals surface area contributed by atoms with Gasteiger partial charge >= 0.3 is 0 Å². The Bertz CT molecular complexity index is 563. The number of aryl methyl sites for hydroxylation is 2. The minimum Gasteiger partial charge on any atom is -0.326 e. The van der Waals surface area contributed by atoms with Crippen LogP contribution < -0.4 is 5.32 Å². The molecule has 3 heteroatoms. The van der Waals surface area contributed by atoms with Gasteiger partial charge < -0.3 is 5.32 Å². The van der Waals surface area contributed by atoms with Crippen LogP contribution in [0.1, 0.15) is 43.2 Å². The number of Topliss-reactive ketones (excluding diaryl/α,β-unsaturated/α-hetero) is 1. The van der Waals surface area contributed by atoms with Crippen LogP contribution in [-0.4, -0.2) is 11.7 Å². The lowest BCUT2D eigenvalue weighted by atomic mass is 9.67. The minimum absolute atomic E-state index is 0.00193. The molecule has 2 fully saturated rings. The Labute approximate surface area is 126 Å². The van der Waals surface area contributed by atoms with Gasteiger partial charge in [-0.1, -0.05) is 18.6 Å². The number of benzene rings is 1. The molecule has 2 bridgehead atoms. The zero-order valence-electron chi connectivity index (χ0n) is 12.8. The molecule has 21 heavy (non-hydrogen) atoms. The Kier molecular flexibility index (Phi) is 3.83. The summed E-state index contributed by atoms with van der Waals surface area (Å²) >= 11 is 0. The molecule has 0 spiro atoms. The number of fused-ring (bicyclic) bond motifs is 2. The third-order valence-electron chi connectivity index (χ3n) is 5.07. The van der Waals surface area contributed by atoms with Crippen molar-refractivity contribution in [2.45, 2.75) is 46.0 Å². The summed E-state index contributed by atoms with van der Waals surface area (Å²) < 4.78 is 0. The van der Waals surface area contributed by atoms with Crippen molar-refractivity contribution in [2.24, 2.45) is 17.8 Å². The zero-order valence-corrected chi connectivity index (χ0v) is 12.8. The molecule has 3 nitrogen and oxygen atoms in total. The second-order valence-electron chi connectivity index (χ2n) is 6.70. The molecule has 0 saturated heterocycles. The molecule has 112 valence electrons. The number of ketones is 1. The van der Waals surface area contributed by atoms with E-state index in [-0.39, 0.29) is 23.7 Å². The molecule has 0 heterocycles. The fourth-order valence-electron chi connectivity index (χ4n) is 3.80. The van der Waals surface area contributed by atoms with Gasteiger partial charge in [-0.25, -0.2) is 0 Å². The van der Waals surface area contributed by atoms with Gasteiger partial charge in [0.15, 0.2) is 0 Å². The zero-order chi connectivity index (χ0) is 15.0. The average molecular weight is 285 g/mol. The SMILES string of the molecule is Cc1ccc(C)c(NC(=O)C2C[C@@H]3CCC[C@@H](C2)C3=O)c1. The van der Waals surface area contributed by atoms with Crippen LogP contribution in [0, 0.1) is 31.6 Å². The van der Waals surface area contributed by atoms with Gasteiger partial charge in [0.2, 0.25) is 5.91 Å². The van der Waals surface area contributed by atoms with Crippen LogP contribution in [0.5, 0.6) is 0 Å². The molecule has 2 atom stereocenters. The van der Waals surface area contributed by atoms with E-state index in [1.54, 1.807) is 0 Å². The lowest BCUT2D eigenvalue weighted by Crippen LogP contribution is -2.40. The smallest absolute Gasteiger partial charge is 0.227 e. The summed E-state index contributed by atoms with van der Waals surface area (Å²) in [6.07, 6.45) is 4.58. The van der Waals surface area contributed by atoms with Gasteiger partial charge in [-0.05, 0) is 56.7 Å². The highest BCUT2D eigenvalue weighted by molar-refractivity contribution is 5.95. The predicted octanol–water partition coefficient (Wildman–Crippen LogP) is 3.64. The molecular weight excluding hydrogens is 262 g/mol. The number of hydrogen-bond acceptors (Lipinski definition) is 2. The first-order valence-corrected chi connectivity index (χ1v) is 7.96. The number of rotatable bonds is 2. The van der Waals surface area contributed by atoms with E-state index in [9.17, 15) is 9.59 Å². The Balaban J connectivity index is 1.71. The monoisotopic (exact) mass is 285 g/mol. The number of amides is 1. The van der Waals surface area contributed by atoms with Crippen molar-refractivity contribution < 1.29 is 9.59 Å². The Hall–Kier alpha value is -1.64. The van der Waals surface area contributed by atoms with Gasteiger partial charge in [-0.15, -0.1) is 0 Å². The van der Waals surface area contributed by atoms with Crippen LogP contribution >= 0.6 is 0 Å². The Morgan fingerprint density at radius 2 is 1.81 bits per heavy atom. The van der Waals surface area contributed by atoms with E-state index >= 15 is 0 Å². The normalized spacial score (nSPS) is 28.3. The van der Waals surface area contributed by atoms with E-state index in [2.05, 4.69) is 11.4 Å². The first-order chi connectivity index (χ1) is 10.0. The maximum absolute atomic E-state index is 12.5. The van der Waals surface area contributed by atoms with Crippen LogP contribution in [0.15, 0.2) is 18.2 Å². The lowest BCUT2D eigenvalue weighted by Gasteiger charge is -2.37. The van der Waals surface area contributed by atoms with Gasteiger partial charge in [-0.3, -0.25) is 9.59 Å². The second-order valence-corrected chi connectivity index (χ2v) is 6.70. The molecule has 1 aromatic rings. The predicted molar refractivity (Wildman–Crippen MR) is 83.1 cm³/mol. The summed E-state index contributed by atoms with van der Waals surface area (Å²) in [6.45, 7) is 4.03. The number of anilines is 1. The third-order valence-corrected chi connectivity index (χ3v) is 5.07. The largest absolute Gasteiger partial charge is 0.326 e. The summed E-state index contributed by atoms with van der Waals surface area (Å²) in [4.78, 5) is 24.6. The lowest BCUT2D eigenvalue weighted by molar-refractivity contribution is -0.136. The minimum atomic E-state index is -0.00193. The highest BCUT2D eigenvalue weighted by Gasteiger charge is 2.41. The summed E-state index contributed by atoms with van der Waals surface area (Å²) in [5.41, 5.74) is 3.13. The van der Waals surface area contributed by atoms with Gasteiger partial charge in [0.05, 0.1) is 0 Å². The average Bonchev–Trinajstić information content (AvgIpc) is 2.42. The molecule has 0 aliphatic heterocycles. The fourth-order valence-corrected chi connectivity index (χ4v) is 3.80. The van der Waals surface area contributed by atoms with Crippen LogP contribution in [0.4, 0.5) is 5.69 Å². The molecular formula is C18H23NO2. The van der Waals surface area contributed by atoms with Crippen molar-refractivity contribution in [3.63, 3.8) is 0 Å². The first kappa shape index (κ1) is 14.3. The number of hydrogen-bond donors (Lipinski definition) is 1. The summed E-state index contributed by atoms with van der Waals surface area (Å²) in [5, 5.41) is 3.07. The van der Waals surface area contributed by atoms with Crippen molar-refractivity contribution in [1.29, 1.82) is 0 Å². The van der Waals surface area contributed by atoms with Crippen molar-refractivity contribution in [2.75, 3.05) is 5.32 Å². The van der Waals surface area contributed by atoms with Crippen LogP contribution in [0.3, 0.4) is 0 Å². The van der Waals surface area contributed by atoms with E-state index in [0.29, 0.717) is 5.78 Å². The van der Waals surface area contributed by atoms with Crippen molar-refractivity contribution in [3.8, 4) is 0 Å². The number of nitrogens with one attached hydrogen (secondary N) is 1. The molecule has 0 unspecified atom stereocenters. The van der Waals surface area contributed by atoms with Crippen molar-refractivity contribution in [1.82, 2.24) is 0 Å². The Morgan fingerprint density at radius 3 is 2.48 bits per heavy atom. The molecule has 0 aromatic heterocycles. The molecule has 2 aliphatic rings. The van der Waals surface area contributed by atoms with Crippen molar-refractivity contribution in [3.05, 3.63) is 29.3 Å². The molecule has 1 amide bonds. The van der Waals surface area contributed by atoms with E-state index < -0.39 is 0 Å². The Morgan fingerprint density at radius 1 is 1.14 bits per heavy atom. The topological polar surface area (TPSA) is 46.2 Å². The van der Waals surface area contributed by atoms with E-state index in [0.717, 1.165) is 48.9 Å². The van der Waals surface area contributed by atoms with Gasteiger partial charge in [0, 0.05) is 23.4 Å². The standard InChI is InChI=1S/C18H23NO2/c1-11-6-7-12(2)16(8-11)19-18(21)15-9-13-4-3-5-14(10-15)17(13)20/h6-8,13-15H,3-5,9-10H2,1-2H3,(H,19,21)/t13-,14-/m0/s1. The van der Waals surface area contributed by atoms with Crippen LogP contribution in [0.25, 0.3) is 0 Å². The summed E-state index contributed by atoms with van der Waals surface area (Å²) in [5.74, 6) is 0.766. The molecule has 3 rings (SSSR count). The third kappa shape index (κ3) is 2.87.